The molecule has 0 heterocycles. The molecule has 1 rings (SSSR count). The molecule has 0 saturated carbocycles. The van der Waals surface area contributed by atoms with Gasteiger partial charge in [-0.1, -0.05) is 0 Å². The molecule has 1 aromatic carbocycles. The number of ether oxygens (including phenoxy) is 2. The highest BCUT2D eigenvalue weighted by Gasteiger charge is 2.08. The fourth-order valence-corrected chi connectivity index (χ4v) is 1.78. The number of rotatable bonds is 4. The molecule has 0 atom stereocenters. The molecule has 0 aromatic heterocycles. The minimum absolute atomic E-state index is 0.787. The molecule has 1 N–H and O–H groups in total. The maximum Gasteiger partial charge on any atom is 0.137 e. The van der Waals surface area contributed by atoms with E-state index in [1.807, 2.05) is 19.2 Å². The van der Waals surface area contributed by atoms with Gasteiger partial charge >= 0.3 is 0 Å². The molecule has 4 heteroatoms. The second-order valence-electron chi connectivity index (χ2n) is 2.84. The molecule has 0 unspecified atom stereocenters. The number of methoxy groups -OCH3 is 2. The summed E-state index contributed by atoms with van der Waals surface area (Å²) in [6.07, 6.45) is 0. The van der Waals surface area contributed by atoms with Gasteiger partial charge < -0.3 is 14.8 Å². The van der Waals surface area contributed by atoms with Crippen LogP contribution in [0.25, 0.3) is 0 Å². The Labute approximate surface area is 92.5 Å². The highest BCUT2D eigenvalue weighted by molar-refractivity contribution is 9.10. The van der Waals surface area contributed by atoms with Gasteiger partial charge in [0.1, 0.15) is 16.0 Å². The zero-order valence-electron chi connectivity index (χ0n) is 8.56. The molecule has 3 nitrogen and oxygen atoms in total. The average molecular weight is 260 g/mol. The molecule has 0 fully saturated rings. The van der Waals surface area contributed by atoms with Crippen LogP contribution in [0.4, 0.5) is 0 Å². The van der Waals surface area contributed by atoms with Crippen molar-refractivity contribution in [2.24, 2.45) is 0 Å². The first kappa shape index (κ1) is 11.3. The van der Waals surface area contributed by atoms with E-state index in [1.54, 1.807) is 14.2 Å². The molecule has 0 aliphatic rings. The van der Waals surface area contributed by atoms with E-state index in [2.05, 4.69) is 21.2 Å². The Morgan fingerprint density at radius 3 is 2.07 bits per heavy atom. The third kappa shape index (κ3) is 2.39. The van der Waals surface area contributed by atoms with Gasteiger partial charge in [0.15, 0.2) is 0 Å². The molecule has 0 spiro atoms. The van der Waals surface area contributed by atoms with E-state index < -0.39 is 0 Å². The zero-order chi connectivity index (χ0) is 10.6. The van der Waals surface area contributed by atoms with Crippen LogP contribution in [0.15, 0.2) is 16.6 Å². The van der Waals surface area contributed by atoms with Crippen LogP contribution >= 0.6 is 15.9 Å². The second kappa shape index (κ2) is 5.22. The number of halogens is 1. The zero-order valence-corrected chi connectivity index (χ0v) is 10.1. The van der Waals surface area contributed by atoms with Crippen molar-refractivity contribution in [2.45, 2.75) is 6.54 Å². The summed E-state index contributed by atoms with van der Waals surface area (Å²) in [7, 11) is 5.19. The largest absolute Gasteiger partial charge is 0.495 e. The summed E-state index contributed by atoms with van der Waals surface area (Å²) in [6.45, 7) is 0.792. The predicted octanol–water partition coefficient (Wildman–Crippen LogP) is 2.19. The van der Waals surface area contributed by atoms with Gasteiger partial charge in [-0.15, -0.1) is 0 Å². The van der Waals surface area contributed by atoms with E-state index in [0.717, 1.165) is 28.1 Å². The van der Waals surface area contributed by atoms with E-state index in [1.165, 1.54) is 0 Å². The fourth-order valence-electron chi connectivity index (χ4n) is 1.23. The fraction of sp³-hybridized carbons (Fsp3) is 0.400. The number of nitrogens with one attached hydrogen (secondary N) is 1. The molecule has 0 aliphatic carbocycles. The lowest BCUT2D eigenvalue weighted by Crippen LogP contribution is -2.05. The molecular weight excluding hydrogens is 246 g/mol. The van der Waals surface area contributed by atoms with Crippen LogP contribution < -0.4 is 14.8 Å². The van der Waals surface area contributed by atoms with Crippen molar-refractivity contribution < 1.29 is 9.47 Å². The van der Waals surface area contributed by atoms with E-state index in [9.17, 15) is 0 Å². The first-order valence-electron chi connectivity index (χ1n) is 4.28. The first-order chi connectivity index (χ1) is 6.72. The van der Waals surface area contributed by atoms with Gasteiger partial charge in [-0.25, -0.2) is 0 Å². The van der Waals surface area contributed by atoms with Gasteiger partial charge in [0.25, 0.3) is 0 Å². The minimum Gasteiger partial charge on any atom is -0.495 e. The standard InChI is InChI=1S/C10H14BrNO2/c1-12-6-7-4-8(13-2)10(11)9(5-7)14-3/h4-5,12H,6H2,1-3H3. The summed E-state index contributed by atoms with van der Waals surface area (Å²) in [6, 6.07) is 3.95. The quantitative estimate of drug-likeness (QED) is 0.900. The first-order valence-corrected chi connectivity index (χ1v) is 5.07. The van der Waals surface area contributed by atoms with E-state index in [-0.39, 0.29) is 0 Å². The molecule has 14 heavy (non-hydrogen) atoms. The Morgan fingerprint density at radius 1 is 1.21 bits per heavy atom. The second-order valence-corrected chi connectivity index (χ2v) is 3.64. The topological polar surface area (TPSA) is 30.5 Å². The van der Waals surface area contributed by atoms with Crippen molar-refractivity contribution in [1.82, 2.24) is 5.32 Å². The van der Waals surface area contributed by atoms with E-state index >= 15 is 0 Å². The van der Waals surface area contributed by atoms with Crippen LogP contribution in [0.5, 0.6) is 11.5 Å². The summed E-state index contributed by atoms with van der Waals surface area (Å²) in [5.41, 5.74) is 1.13. The smallest absolute Gasteiger partial charge is 0.137 e. The van der Waals surface area contributed by atoms with E-state index in [0.29, 0.717) is 0 Å². The van der Waals surface area contributed by atoms with Crippen LogP contribution in [0.2, 0.25) is 0 Å². The van der Waals surface area contributed by atoms with Crippen molar-refractivity contribution in [1.29, 1.82) is 0 Å². The monoisotopic (exact) mass is 259 g/mol. The lowest BCUT2D eigenvalue weighted by atomic mass is 10.2. The van der Waals surface area contributed by atoms with Gasteiger partial charge in [-0.05, 0) is 40.7 Å². The predicted molar refractivity (Wildman–Crippen MR) is 60.0 cm³/mol. The van der Waals surface area contributed by atoms with Crippen molar-refractivity contribution in [2.75, 3.05) is 21.3 Å². The van der Waals surface area contributed by atoms with Gasteiger partial charge in [-0.2, -0.15) is 0 Å². The van der Waals surface area contributed by atoms with Crippen LogP contribution in [-0.4, -0.2) is 21.3 Å². The van der Waals surface area contributed by atoms with Crippen LogP contribution in [0.1, 0.15) is 5.56 Å². The SMILES string of the molecule is CNCc1cc(OC)c(Br)c(OC)c1. The highest BCUT2D eigenvalue weighted by atomic mass is 79.9. The Balaban J connectivity index is 3.11. The van der Waals surface area contributed by atoms with Crippen LogP contribution in [0, 0.1) is 0 Å². The molecule has 0 bridgehead atoms. The molecular formula is C10H14BrNO2. The van der Waals surface area contributed by atoms with Crippen molar-refractivity contribution >= 4 is 15.9 Å². The highest BCUT2D eigenvalue weighted by Crippen LogP contribution is 2.35. The maximum absolute atomic E-state index is 5.22. The van der Waals surface area contributed by atoms with Gasteiger partial charge in [0, 0.05) is 6.54 Å². The van der Waals surface area contributed by atoms with Gasteiger partial charge in [-0.3, -0.25) is 0 Å². The van der Waals surface area contributed by atoms with E-state index in [4.69, 9.17) is 9.47 Å². The lowest BCUT2D eigenvalue weighted by Gasteiger charge is -2.11. The number of hydrogen-bond donors (Lipinski definition) is 1. The number of hydrogen-bond acceptors (Lipinski definition) is 3. The Kier molecular flexibility index (Phi) is 4.22. The molecule has 1 aromatic rings. The molecule has 0 aliphatic heterocycles. The molecule has 0 saturated heterocycles. The average Bonchev–Trinajstić information content (AvgIpc) is 2.20. The Morgan fingerprint density at radius 2 is 1.71 bits per heavy atom. The molecule has 0 radical (unpaired) electrons. The van der Waals surface area contributed by atoms with Gasteiger partial charge in [0.05, 0.1) is 14.2 Å². The van der Waals surface area contributed by atoms with Gasteiger partial charge in [0.2, 0.25) is 0 Å². The minimum atomic E-state index is 0.787. The normalized spacial score (nSPS) is 10.0. The summed E-state index contributed by atoms with van der Waals surface area (Å²) < 4.78 is 11.3. The van der Waals surface area contributed by atoms with Crippen molar-refractivity contribution in [3.63, 3.8) is 0 Å². The third-order valence-corrected chi connectivity index (χ3v) is 2.67. The van der Waals surface area contributed by atoms with Crippen LogP contribution in [-0.2, 0) is 6.54 Å². The summed E-state index contributed by atoms with van der Waals surface area (Å²) >= 11 is 3.42. The Bertz CT molecular complexity index is 290. The van der Waals surface area contributed by atoms with Crippen molar-refractivity contribution in [3.8, 4) is 11.5 Å². The van der Waals surface area contributed by atoms with Crippen LogP contribution in [0.3, 0.4) is 0 Å². The lowest BCUT2D eigenvalue weighted by molar-refractivity contribution is 0.388. The third-order valence-electron chi connectivity index (χ3n) is 1.89. The maximum atomic E-state index is 5.22. The molecule has 0 amide bonds. The molecule has 78 valence electrons. The Hall–Kier alpha value is -0.740. The summed E-state index contributed by atoms with van der Waals surface area (Å²) in [5.74, 6) is 1.57. The number of benzene rings is 1. The summed E-state index contributed by atoms with van der Waals surface area (Å²) in [4.78, 5) is 0. The van der Waals surface area contributed by atoms with Crippen molar-refractivity contribution in [3.05, 3.63) is 22.2 Å². The summed E-state index contributed by atoms with van der Waals surface area (Å²) in [5, 5.41) is 3.08.